The van der Waals surface area contributed by atoms with Crippen LogP contribution in [0.4, 0.5) is 15.3 Å². The molecule has 9 nitrogen and oxygen atoms in total. The molecule has 3 aromatic rings. The SMILES string of the molecule is Cn1cncc1CCNC(=O)O[C@H]1CN2C(=O)N(c3cc(Cl)cc(Cl)c3)C(=O)[C@]2(Cc2ccc(Br)cc2)C1. The summed E-state index contributed by atoms with van der Waals surface area (Å²) < 4.78 is 8.44. The van der Waals surface area contributed by atoms with Gasteiger partial charge in [-0.3, -0.25) is 4.79 Å². The van der Waals surface area contributed by atoms with E-state index in [4.69, 9.17) is 27.9 Å². The van der Waals surface area contributed by atoms with Crippen LogP contribution >= 0.6 is 39.1 Å². The molecule has 0 radical (unpaired) electrons. The van der Waals surface area contributed by atoms with Gasteiger partial charge in [0.25, 0.3) is 5.91 Å². The van der Waals surface area contributed by atoms with Gasteiger partial charge in [0, 0.05) is 59.3 Å². The molecule has 2 atom stereocenters. The molecule has 0 spiro atoms. The number of hydrogen-bond donors (Lipinski definition) is 1. The summed E-state index contributed by atoms with van der Waals surface area (Å²) in [6.07, 6.45) is 3.19. The van der Waals surface area contributed by atoms with Gasteiger partial charge < -0.3 is 19.5 Å². The number of aromatic nitrogens is 2. The molecule has 38 heavy (non-hydrogen) atoms. The number of aryl methyl sites for hydroxylation is 1. The van der Waals surface area contributed by atoms with Crippen molar-refractivity contribution in [3.63, 3.8) is 0 Å². The van der Waals surface area contributed by atoms with Gasteiger partial charge in [0.05, 0.1) is 18.6 Å². The van der Waals surface area contributed by atoms with Gasteiger partial charge in [-0.15, -0.1) is 0 Å². The van der Waals surface area contributed by atoms with Crippen molar-refractivity contribution in [1.29, 1.82) is 0 Å². The lowest BCUT2D eigenvalue weighted by molar-refractivity contribution is -0.124. The summed E-state index contributed by atoms with van der Waals surface area (Å²) >= 11 is 15.8. The Morgan fingerprint density at radius 1 is 1.18 bits per heavy atom. The number of urea groups is 1. The smallest absolute Gasteiger partial charge is 0.407 e. The fraction of sp³-hybridized carbons (Fsp3) is 0.308. The first-order chi connectivity index (χ1) is 18.2. The molecule has 2 aromatic carbocycles. The number of imidazole rings is 1. The highest BCUT2D eigenvalue weighted by Gasteiger charge is 2.63. The molecule has 198 valence electrons. The average Bonchev–Trinajstić information content (AvgIpc) is 3.48. The topological polar surface area (TPSA) is 96.8 Å². The highest BCUT2D eigenvalue weighted by atomic mass is 79.9. The Balaban J connectivity index is 1.35. The first kappa shape index (κ1) is 26.5. The van der Waals surface area contributed by atoms with E-state index in [0.717, 1.165) is 20.6 Å². The Kier molecular flexibility index (Phi) is 7.39. The number of halogens is 3. The van der Waals surface area contributed by atoms with Gasteiger partial charge in [-0.05, 0) is 35.9 Å². The quantitative estimate of drug-likeness (QED) is 0.376. The lowest BCUT2D eigenvalue weighted by Crippen LogP contribution is -2.47. The lowest BCUT2D eigenvalue weighted by Gasteiger charge is -2.28. The molecule has 0 aliphatic carbocycles. The second kappa shape index (κ2) is 10.6. The molecular formula is C26H24BrCl2N5O4. The van der Waals surface area contributed by atoms with Crippen LogP contribution in [0.25, 0.3) is 0 Å². The van der Waals surface area contributed by atoms with E-state index in [1.54, 1.807) is 12.5 Å². The Morgan fingerprint density at radius 3 is 2.55 bits per heavy atom. The standard InChI is InChI=1S/C26H24BrCl2N5O4/c1-32-15-30-13-20(32)6-7-31-24(36)38-22-12-26(11-16-2-4-17(27)5-3-16)23(35)34(25(37)33(26)14-22)21-9-18(28)8-19(29)10-21/h2-5,8-10,13,15,22H,6-7,11-12,14H2,1H3,(H,31,36)/t22-,26+/m1/s1. The van der Waals surface area contributed by atoms with Crippen LogP contribution in [0.3, 0.4) is 0 Å². The van der Waals surface area contributed by atoms with E-state index < -0.39 is 29.7 Å². The molecule has 0 bridgehead atoms. The van der Waals surface area contributed by atoms with Crippen molar-refractivity contribution in [2.75, 3.05) is 18.0 Å². The molecule has 4 amide bonds. The number of nitrogens with zero attached hydrogens (tertiary/aromatic N) is 4. The number of benzene rings is 2. The normalized spacial score (nSPS) is 20.7. The summed E-state index contributed by atoms with van der Waals surface area (Å²) in [7, 11) is 1.88. The number of hydrogen-bond acceptors (Lipinski definition) is 5. The van der Waals surface area contributed by atoms with Crippen LogP contribution in [0.15, 0.2) is 59.5 Å². The maximum atomic E-state index is 14.0. The van der Waals surface area contributed by atoms with E-state index >= 15 is 0 Å². The summed E-state index contributed by atoms with van der Waals surface area (Å²) in [5.74, 6) is -0.411. The number of carbonyl (C=O) groups is 3. The second-order valence-electron chi connectivity index (χ2n) is 9.40. The van der Waals surface area contributed by atoms with Crippen molar-refractivity contribution >= 4 is 62.9 Å². The predicted octanol–water partition coefficient (Wildman–Crippen LogP) is 4.98. The number of rotatable bonds is 7. The van der Waals surface area contributed by atoms with E-state index in [0.29, 0.717) is 28.7 Å². The second-order valence-corrected chi connectivity index (χ2v) is 11.2. The first-order valence-electron chi connectivity index (χ1n) is 11.9. The maximum absolute atomic E-state index is 14.0. The zero-order chi connectivity index (χ0) is 27.0. The summed E-state index contributed by atoms with van der Waals surface area (Å²) in [4.78, 5) is 46.8. The average molecular weight is 621 g/mol. The molecule has 3 heterocycles. The third kappa shape index (κ3) is 5.12. The van der Waals surface area contributed by atoms with Crippen molar-refractivity contribution < 1.29 is 19.1 Å². The minimum absolute atomic E-state index is 0.0844. The van der Waals surface area contributed by atoms with Gasteiger partial charge in [0.2, 0.25) is 0 Å². The van der Waals surface area contributed by atoms with E-state index in [1.807, 2.05) is 35.9 Å². The molecule has 2 saturated heterocycles. The number of anilines is 1. The number of imide groups is 1. The fourth-order valence-electron chi connectivity index (χ4n) is 5.08. The van der Waals surface area contributed by atoms with Crippen LogP contribution in [0.5, 0.6) is 0 Å². The summed E-state index contributed by atoms with van der Waals surface area (Å²) in [6.45, 7) is 0.445. The molecule has 0 saturated carbocycles. The maximum Gasteiger partial charge on any atom is 0.407 e. The van der Waals surface area contributed by atoms with Crippen LogP contribution in [-0.4, -0.2) is 57.2 Å². The summed E-state index contributed by atoms with van der Waals surface area (Å²) in [5.41, 5.74) is 0.913. The zero-order valence-corrected chi connectivity index (χ0v) is 23.5. The van der Waals surface area contributed by atoms with Crippen molar-refractivity contribution in [2.24, 2.45) is 7.05 Å². The minimum Gasteiger partial charge on any atom is -0.444 e. The highest BCUT2D eigenvalue weighted by molar-refractivity contribution is 9.10. The monoisotopic (exact) mass is 619 g/mol. The van der Waals surface area contributed by atoms with Crippen molar-refractivity contribution in [3.8, 4) is 0 Å². The Morgan fingerprint density at radius 2 is 1.89 bits per heavy atom. The molecule has 2 aliphatic heterocycles. The molecule has 2 fully saturated rings. The van der Waals surface area contributed by atoms with E-state index in [1.165, 1.54) is 23.1 Å². The van der Waals surface area contributed by atoms with Crippen molar-refractivity contribution in [1.82, 2.24) is 19.8 Å². The molecule has 12 heteroatoms. The van der Waals surface area contributed by atoms with Crippen LogP contribution in [0, 0.1) is 0 Å². The Labute approximate surface area is 237 Å². The van der Waals surface area contributed by atoms with Gasteiger partial charge in [-0.2, -0.15) is 0 Å². The van der Waals surface area contributed by atoms with Gasteiger partial charge in [0.15, 0.2) is 0 Å². The van der Waals surface area contributed by atoms with Gasteiger partial charge >= 0.3 is 12.1 Å². The van der Waals surface area contributed by atoms with Crippen LogP contribution in [-0.2, 0) is 29.4 Å². The van der Waals surface area contributed by atoms with E-state index in [9.17, 15) is 14.4 Å². The van der Waals surface area contributed by atoms with Crippen LogP contribution in [0.2, 0.25) is 10.0 Å². The fourth-order valence-corrected chi connectivity index (χ4v) is 5.86. The lowest BCUT2D eigenvalue weighted by atomic mass is 9.87. The van der Waals surface area contributed by atoms with Gasteiger partial charge in [0.1, 0.15) is 11.6 Å². The van der Waals surface area contributed by atoms with E-state index in [-0.39, 0.29) is 19.4 Å². The van der Waals surface area contributed by atoms with Gasteiger partial charge in [-0.25, -0.2) is 19.5 Å². The number of ether oxygens (including phenoxy) is 1. The third-order valence-electron chi connectivity index (χ3n) is 6.85. The summed E-state index contributed by atoms with van der Waals surface area (Å²) in [5, 5.41) is 3.37. The summed E-state index contributed by atoms with van der Waals surface area (Å²) in [6, 6.07) is 11.6. The molecule has 1 aromatic heterocycles. The van der Waals surface area contributed by atoms with Crippen molar-refractivity contribution in [2.45, 2.75) is 30.9 Å². The van der Waals surface area contributed by atoms with E-state index in [2.05, 4.69) is 26.2 Å². The number of alkyl carbamates (subject to hydrolysis) is 1. The number of nitrogens with one attached hydrogen (secondary N) is 1. The number of fused-ring (bicyclic) bond motifs is 1. The molecule has 0 unspecified atom stereocenters. The molecule has 5 rings (SSSR count). The largest absolute Gasteiger partial charge is 0.444 e. The Hall–Kier alpha value is -3.08. The van der Waals surface area contributed by atoms with Crippen LogP contribution in [0.1, 0.15) is 17.7 Å². The third-order valence-corrected chi connectivity index (χ3v) is 7.81. The first-order valence-corrected chi connectivity index (χ1v) is 13.5. The Bertz CT molecular complexity index is 1380. The number of carbonyl (C=O) groups excluding carboxylic acids is 3. The van der Waals surface area contributed by atoms with Gasteiger partial charge in [-0.1, -0.05) is 51.3 Å². The minimum atomic E-state index is -1.22. The van der Waals surface area contributed by atoms with Crippen molar-refractivity contribution in [3.05, 3.63) is 80.8 Å². The number of amides is 4. The molecule has 2 aliphatic rings. The zero-order valence-electron chi connectivity index (χ0n) is 20.4. The molecular weight excluding hydrogens is 597 g/mol. The van der Waals surface area contributed by atoms with Crippen LogP contribution < -0.4 is 10.2 Å². The predicted molar refractivity (Wildman–Crippen MR) is 146 cm³/mol. The highest BCUT2D eigenvalue weighted by Crippen LogP contribution is 2.44. The molecule has 1 N–H and O–H groups in total.